The van der Waals surface area contributed by atoms with Crippen LogP contribution in [0.15, 0.2) is 59.9 Å². The minimum atomic E-state index is -0.284. The van der Waals surface area contributed by atoms with Crippen LogP contribution in [0.3, 0.4) is 0 Å². The second kappa shape index (κ2) is 6.02. The van der Waals surface area contributed by atoms with E-state index in [1.165, 1.54) is 10.8 Å². The Balaban J connectivity index is 1.70. The molecule has 1 aromatic carbocycles. The lowest BCUT2D eigenvalue weighted by molar-refractivity contribution is -0.905. The van der Waals surface area contributed by atoms with Gasteiger partial charge in [0.15, 0.2) is 5.65 Å². The van der Waals surface area contributed by atoms with Gasteiger partial charge in [-0.15, -0.1) is 0 Å². The topological polar surface area (TPSA) is 106 Å². The monoisotopic (exact) mass is 374 g/mol. The van der Waals surface area contributed by atoms with E-state index in [0.717, 1.165) is 21.3 Å². The zero-order chi connectivity index (χ0) is 19.3. The van der Waals surface area contributed by atoms with E-state index in [9.17, 15) is 10.0 Å². The van der Waals surface area contributed by atoms with Crippen molar-refractivity contribution in [3.8, 4) is 5.95 Å². The molecule has 0 saturated heterocycles. The Morgan fingerprint density at radius 1 is 1.18 bits per heavy atom. The number of nitrogens with one attached hydrogen (secondary N) is 1. The number of imidazole rings is 2. The van der Waals surface area contributed by atoms with Gasteiger partial charge in [-0.05, 0) is 25.1 Å². The molecule has 0 radical (unpaired) electrons. The van der Waals surface area contributed by atoms with Gasteiger partial charge in [0.1, 0.15) is 11.8 Å². The Morgan fingerprint density at radius 2 is 2.04 bits per heavy atom. The summed E-state index contributed by atoms with van der Waals surface area (Å²) < 4.78 is 4.29. The first-order chi connectivity index (χ1) is 13.6. The van der Waals surface area contributed by atoms with Crippen LogP contribution >= 0.6 is 0 Å². The highest BCUT2D eigenvalue weighted by atomic mass is 16.5. The van der Waals surface area contributed by atoms with Crippen molar-refractivity contribution >= 4 is 22.2 Å². The van der Waals surface area contributed by atoms with E-state index < -0.39 is 0 Å². The molecule has 0 aliphatic carbocycles. The number of hydrogen-bond donors (Lipinski definition) is 2. The molecule has 4 aromatic heterocycles. The van der Waals surface area contributed by atoms with Crippen LogP contribution in [0.25, 0.3) is 28.1 Å². The molecule has 0 bridgehead atoms. The number of aromatic amines is 1. The number of aryl methyl sites for hydroxylation is 1. The van der Waals surface area contributed by atoms with Crippen LogP contribution in [-0.4, -0.2) is 34.3 Å². The van der Waals surface area contributed by atoms with Crippen molar-refractivity contribution in [2.24, 2.45) is 0 Å². The van der Waals surface area contributed by atoms with Crippen LogP contribution in [0.2, 0.25) is 0 Å². The number of rotatable bonds is 3. The number of para-hydroxylation sites is 2. The van der Waals surface area contributed by atoms with Crippen molar-refractivity contribution in [3.05, 3.63) is 76.9 Å². The molecule has 0 spiro atoms. The first-order valence-corrected chi connectivity index (χ1v) is 8.69. The van der Waals surface area contributed by atoms with Crippen molar-refractivity contribution in [2.75, 3.05) is 0 Å². The predicted octanol–water partition coefficient (Wildman–Crippen LogP) is 1.34. The lowest BCUT2D eigenvalue weighted by Crippen LogP contribution is -2.29. The smallest absolute Gasteiger partial charge is 0.303 e. The van der Waals surface area contributed by atoms with Crippen molar-refractivity contribution in [2.45, 2.75) is 13.5 Å². The van der Waals surface area contributed by atoms with Crippen molar-refractivity contribution in [1.29, 1.82) is 0 Å². The highest BCUT2D eigenvalue weighted by molar-refractivity contribution is 5.78. The Bertz CT molecular complexity index is 1400. The molecular formula is C19H16N7O2+. The highest BCUT2D eigenvalue weighted by Gasteiger charge is 2.16. The van der Waals surface area contributed by atoms with Gasteiger partial charge in [-0.25, -0.2) is 14.8 Å². The van der Waals surface area contributed by atoms with Crippen molar-refractivity contribution < 1.29 is 9.94 Å². The second-order valence-corrected chi connectivity index (χ2v) is 6.52. The second-order valence-electron chi connectivity index (χ2n) is 6.52. The van der Waals surface area contributed by atoms with Crippen LogP contribution in [0.4, 0.5) is 0 Å². The van der Waals surface area contributed by atoms with Crippen LogP contribution in [0.1, 0.15) is 11.3 Å². The van der Waals surface area contributed by atoms with E-state index in [1.54, 1.807) is 23.2 Å². The minimum absolute atomic E-state index is 0.265. The maximum Gasteiger partial charge on any atom is 0.328 e. The summed E-state index contributed by atoms with van der Waals surface area (Å²) in [6, 6.07) is 11.3. The third-order valence-corrected chi connectivity index (χ3v) is 4.65. The van der Waals surface area contributed by atoms with E-state index >= 15 is 0 Å². The lowest BCUT2D eigenvalue weighted by Gasteiger charge is -2.06. The van der Waals surface area contributed by atoms with Crippen LogP contribution in [-0.2, 0) is 6.54 Å². The van der Waals surface area contributed by atoms with Crippen LogP contribution in [0.5, 0.6) is 0 Å². The normalized spacial score (nSPS) is 11.5. The molecule has 0 aliphatic rings. The van der Waals surface area contributed by atoms with Gasteiger partial charge in [0.2, 0.25) is 18.3 Å². The summed E-state index contributed by atoms with van der Waals surface area (Å²) in [5.41, 5.74) is 3.96. The molecule has 28 heavy (non-hydrogen) atoms. The first kappa shape index (κ1) is 16.2. The summed E-state index contributed by atoms with van der Waals surface area (Å²) in [6.45, 7) is 2.10. The van der Waals surface area contributed by atoms with Gasteiger partial charge in [0.25, 0.3) is 0 Å². The third kappa shape index (κ3) is 2.52. The summed E-state index contributed by atoms with van der Waals surface area (Å²) in [5, 5.41) is 9.62. The standard InChI is InChI=1S/C19H15N7O2/c1-12-16-17(25(19(27)22-16)10-13-5-4-8-24(28)9-13)23-18(21-12)26-11-20-14-6-2-3-7-15(14)26/h2-9,11H,10H2,1H3,(H-,22,27,28)/p+1. The predicted molar refractivity (Wildman–Crippen MR) is 100 cm³/mol. The van der Waals surface area contributed by atoms with Gasteiger partial charge in [-0.3, -0.25) is 14.3 Å². The molecule has 0 fully saturated rings. The molecule has 0 unspecified atom stereocenters. The quantitative estimate of drug-likeness (QED) is 0.366. The molecule has 0 aliphatic heterocycles. The number of pyridine rings is 1. The maximum atomic E-state index is 12.5. The molecule has 9 nitrogen and oxygen atoms in total. The van der Waals surface area contributed by atoms with Gasteiger partial charge < -0.3 is 4.98 Å². The molecule has 0 amide bonds. The minimum Gasteiger partial charge on any atom is -0.303 e. The van der Waals surface area contributed by atoms with E-state index in [4.69, 9.17) is 0 Å². The van der Waals surface area contributed by atoms with Crippen LogP contribution in [0, 0.1) is 6.92 Å². The van der Waals surface area contributed by atoms with E-state index in [-0.39, 0.29) is 12.2 Å². The SMILES string of the molecule is Cc1nc(-n2cnc3ccccc32)nc2c1[nH]c(=O)n2Cc1ccc[n+](O)c1. The lowest BCUT2D eigenvalue weighted by atomic mass is 10.3. The summed E-state index contributed by atoms with van der Waals surface area (Å²) in [4.78, 5) is 29.0. The fourth-order valence-corrected chi connectivity index (χ4v) is 3.32. The number of benzene rings is 1. The molecule has 4 heterocycles. The first-order valence-electron chi connectivity index (χ1n) is 8.69. The maximum absolute atomic E-state index is 12.5. The van der Waals surface area contributed by atoms with Crippen molar-refractivity contribution in [3.63, 3.8) is 0 Å². The van der Waals surface area contributed by atoms with Crippen LogP contribution < -0.4 is 10.4 Å². The van der Waals surface area contributed by atoms with E-state index in [2.05, 4.69) is 19.9 Å². The molecule has 9 heteroatoms. The average Bonchev–Trinajstić information content (AvgIpc) is 3.24. The van der Waals surface area contributed by atoms with E-state index in [0.29, 0.717) is 22.8 Å². The Kier molecular flexibility index (Phi) is 3.48. The average molecular weight is 374 g/mol. The molecule has 138 valence electrons. The van der Waals surface area contributed by atoms with Crippen molar-refractivity contribution in [1.82, 2.24) is 29.1 Å². The van der Waals surface area contributed by atoms with Gasteiger partial charge in [-0.2, -0.15) is 4.98 Å². The number of fused-ring (bicyclic) bond motifs is 2. The number of hydrogen-bond acceptors (Lipinski definition) is 5. The number of H-pyrrole nitrogens is 1. The molecule has 0 saturated carbocycles. The zero-order valence-corrected chi connectivity index (χ0v) is 14.9. The molecule has 0 atom stereocenters. The molecule has 2 N–H and O–H groups in total. The summed E-state index contributed by atoms with van der Waals surface area (Å²) in [5.74, 6) is 0.441. The molecule has 5 rings (SSSR count). The van der Waals surface area contributed by atoms with E-state index in [1.807, 2.05) is 37.3 Å². The van der Waals surface area contributed by atoms with Gasteiger partial charge in [0, 0.05) is 16.4 Å². The Hall–Kier alpha value is -4.01. The molecule has 5 aromatic rings. The largest absolute Gasteiger partial charge is 0.328 e. The number of nitrogens with zero attached hydrogens (tertiary/aromatic N) is 6. The summed E-state index contributed by atoms with van der Waals surface area (Å²) >= 11 is 0. The summed E-state index contributed by atoms with van der Waals surface area (Å²) in [6.07, 6.45) is 4.73. The van der Waals surface area contributed by atoms with Gasteiger partial charge in [-0.1, -0.05) is 12.1 Å². The highest BCUT2D eigenvalue weighted by Crippen LogP contribution is 2.19. The Morgan fingerprint density at radius 3 is 2.89 bits per heavy atom. The fraction of sp³-hybridized carbons (Fsp3) is 0.105. The van der Waals surface area contributed by atoms with Gasteiger partial charge in [0.05, 0.1) is 23.3 Å². The summed E-state index contributed by atoms with van der Waals surface area (Å²) in [7, 11) is 0. The number of aromatic nitrogens is 7. The Labute approximate surface area is 158 Å². The van der Waals surface area contributed by atoms with Gasteiger partial charge >= 0.3 is 5.69 Å². The third-order valence-electron chi connectivity index (χ3n) is 4.65. The fourth-order valence-electron chi connectivity index (χ4n) is 3.32. The molecular weight excluding hydrogens is 358 g/mol. The zero-order valence-electron chi connectivity index (χ0n) is 14.9.